The smallest absolute Gasteiger partial charge is 0.416 e. The highest BCUT2D eigenvalue weighted by molar-refractivity contribution is 7.56. The van der Waals surface area contributed by atoms with Gasteiger partial charge < -0.3 is 18.9 Å². The molecule has 0 amide bonds. The van der Waals surface area contributed by atoms with Crippen molar-refractivity contribution in [3.05, 3.63) is 41.5 Å². The highest BCUT2D eigenvalue weighted by atomic mass is 31.2. The number of ether oxygens (including phenoxy) is 1. The van der Waals surface area contributed by atoms with E-state index in [0.29, 0.717) is 0 Å². The van der Waals surface area contributed by atoms with Crippen LogP contribution in [0.25, 0.3) is 6.08 Å². The fraction of sp³-hybridized carbons (Fsp3) is 0.550. The largest absolute Gasteiger partial charge is 0.460 e. The van der Waals surface area contributed by atoms with Gasteiger partial charge in [-0.2, -0.15) is 13.2 Å². The first-order chi connectivity index (χ1) is 13.6. The van der Waals surface area contributed by atoms with E-state index in [1.165, 1.54) is 13.8 Å². The van der Waals surface area contributed by atoms with Crippen molar-refractivity contribution < 1.29 is 41.4 Å². The van der Waals surface area contributed by atoms with Crippen molar-refractivity contribution in [1.29, 1.82) is 0 Å². The van der Waals surface area contributed by atoms with Crippen LogP contribution in [0.5, 0.6) is 0 Å². The van der Waals surface area contributed by atoms with E-state index in [9.17, 15) is 27.6 Å². The van der Waals surface area contributed by atoms with Gasteiger partial charge >= 0.3 is 19.7 Å². The molecule has 1 atom stereocenters. The fourth-order valence-electron chi connectivity index (χ4n) is 2.31. The number of halogens is 3. The van der Waals surface area contributed by atoms with E-state index in [1.54, 1.807) is 27.7 Å². The van der Waals surface area contributed by atoms with Gasteiger partial charge in [0.15, 0.2) is 0 Å². The fourth-order valence-corrected chi connectivity index (χ4v) is 4.32. The molecule has 1 aromatic carbocycles. The predicted molar refractivity (Wildman–Crippen MR) is 107 cm³/mol. The first-order valence-corrected chi connectivity index (χ1v) is 10.9. The van der Waals surface area contributed by atoms with E-state index in [2.05, 4.69) is 0 Å². The molecular weight excluding hydrogens is 424 g/mol. The summed E-state index contributed by atoms with van der Waals surface area (Å²) in [6.07, 6.45) is -4.47. The Hall–Kier alpha value is -1.67. The van der Waals surface area contributed by atoms with Gasteiger partial charge in [-0.3, -0.25) is 4.57 Å². The number of alkyl halides is 3. The van der Waals surface area contributed by atoms with Gasteiger partial charge in [-0.15, -0.1) is 0 Å². The second-order valence-electron chi connectivity index (χ2n) is 7.44. The lowest BCUT2D eigenvalue weighted by molar-refractivity contribution is -0.159. The van der Waals surface area contributed by atoms with Crippen LogP contribution in [0, 0.1) is 0 Å². The number of carbonyl (C=O) groups is 1. The number of hydrogen-bond donors (Lipinski definition) is 1. The summed E-state index contributed by atoms with van der Waals surface area (Å²) in [6, 6.07) is 3.98. The predicted octanol–water partition coefficient (Wildman–Crippen LogP) is 5.40. The lowest BCUT2D eigenvalue weighted by Gasteiger charge is -2.33. The molecule has 30 heavy (non-hydrogen) atoms. The van der Waals surface area contributed by atoms with Gasteiger partial charge in [-0.05, 0) is 65.3 Å². The van der Waals surface area contributed by atoms with Gasteiger partial charge in [0.25, 0.3) is 5.34 Å². The molecule has 0 radical (unpaired) electrons. The van der Waals surface area contributed by atoms with Gasteiger partial charge in [-0.1, -0.05) is 18.2 Å². The molecule has 0 aliphatic heterocycles. The molecular formula is C20H28F3O6P. The highest BCUT2D eigenvalue weighted by Crippen LogP contribution is 2.61. The van der Waals surface area contributed by atoms with E-state index in [-0.39, 0.29) is 5.56 Å². The van der Waals surface area contributed by atoms with Gasteiger partial charge in [0.1, 0.15) is 0 Å². The van der Waals surface area contributed by atoms with Crippen LogP contribution < -0.4 is 0 Å². The van der Waals surface area contributed by atoms with Crippen LogP contribution in [0.15, 0.2) is 30.3 Å². The summed E-state index contributed by atoms with van der Waals surface area (Å²) in [4.78, 5) is 12.7. The molecule has 0 heterocycles. The molecule has 0 aromatic heterocycles. The maximum atomic E-state index is 13.5. The highest BCUT2D eigenvalue weighted by Gasteiger charge is 2.57. The van der Waals surface area contributed by atoms with E-state index in [4.69, 9.17) is 13.8 Å². The Bertz CT molecular complexity index is 773. The molecule has 170 valence electrons. The quantitative estimate of drug-likeness (QED) is 0.399. The molecule has 0 saturated heterocycles. The Morgan fingerprint density at radius 1 is 0.967 bits per heavy atom. The van der Waals surface area contributed by atoms with Gasteiger partial charge in [0.05, 0.1) is 23.9 Å². The van der Waals surface area contributed by atoms with Crippen LogP contribution in [0.3, 0.4) is 0 Å². The normalized spacial score (nSPS) is 15.2. The maximum absolute atomic E-state index is 13.5. The van der Waals surface area contributed by atoms with E-state index in [1.807, 2.05) is 0 Å². The zero-order chi connectivity index (χ0) is 23.3. The number of aliphatic hydroxyl groups is 1. The van der Waals surface area contributed by atoms with E-state index in [0.717, 1.165) is 36.4 Å². The summed E-state index contributed by atoms with van der Waals surface area (Å²) in [5.41, 5.74) is -0.634. The Morgan fingerprint density at radius 2 is 1.43 bits per heavy atom. The summed E-state index contributed by atoms with van der Waals surface area (Å²) >= 11 is 0. The summed E-state index contributed by atoms with van der Waals surface area (Å²) in [5, 5.41) is 8.33. The number of carbonyl (C=O) groups excluding carboxylic acids is 1. The zero-order valence-corrected chi connectivity index (χ0v) is 18.7. The Balaban J connectivity index is 3.44. The number of hydrogen-bond acceptors (Lipinski definition) is 6. The average Bonchev–Trinajstić information content (AvgIpc) is 2.56. The van der Waals surface area contributed by atoms with Crippen molar-refractivity contribution in [2.24, 2.45) is 0 Å². The van der Waals surface area contributed by atoms with Gasteiger partial charge in [0, 0.05) is 0 Å². The molecule has 0 bridgehead atoms. The van der Waals surface area contributed by atoms with Crippen molar-refractivity contribution in [2.75, 3.05) is 0 Å². The minimum absolute atomic E-state index is 0.222. The minimum atomic E-state index is -4.52. The Morgan fingerprint density at radius 3 is 1.80 bits per heavy atom. The van der Waals surface area contributed by atoms with Crippen molar-refractivity contribution in [1.82, 2.24) is 0 Å². The van der Waals surface area contributed by atoms with Crippen LogP contribution in [-0.4, -0.2) is 34.7 Å². The number of esters is 1. The summed E-state index contributed by atoms with van der Waals surface area (Å²) in [5.74, 6) is -1.26. The molecule has 1 unspecified atom stereocenters. The lowest BCUT2D eigenvalue weighted by Crippen LogP contribution is -2.41. The van der Waals surface area contributed by atoms with E-state index < -0.39 is 49.0 Å². The van der Waals surface area contributed by atoms with Crippen molar-refractivity contribution in [2.45, 2.75) is 71.4 Å². The molecule has 1 aromatic rings. The molecule has 0 aliphatic carbocycles. The maximum Gasteiger partial charge on any atom is 0.416 e. The SMILES string of the molecule is CC(C)OC(=O)C(O)(/C=C/c1ccc(C(F)(F)F)cc1)P(=O)(OC(C)C)OC(C)C. The minimum Gasteiger partial charge on any atom is -0.460 e. The molecule has 1 rings (SSSR count). The summed E-state index contributed by atoms with van der Waals surface area (Å²) in [7, 11) is -4.52. The molecule has 0 fully saturated rings. The Kier molecular flexibility index (Phi) is 8.87. The molecule has 0 spiro atoms. The molecule has 0 saturated carbocycles. The third-order valence-electron chi connectivity index (χ3n) is 3.51. The second-order valence-corrected chi connectivity index (χ2v) is 9.54. The van der Waals surface area contributed by atoms with Crippen LogP contribution in [0.2, 0.25) is 0 Å². The van der Waals surface area contributed by atoms with Crippen LogP contribution in [0.4, 0.5) is 13.2 Å². The van der Waals surface area contributed by atoms with Gasteiger partial charge in [-0.25, -0.2) is 4.79 Å². The Labute approximate surface area is 174 Å². The lowest BCUT2D eigenvalue weighted by atomic mass is 10.1. The van der Waals surface area contributed by atoms with Crippen LogP contribution >= 0.6 is 7.60 Å². The number of rotatable bonds is 9. The van der Waals surface area contributed by atoms with Gasteiger partial charge in [0.2, 0.25) is 0 Å². The van der Waals surface area contributed by atoms with Crippen molar-refractivity contribution in [3.8, 4) is 0 Å². The third-order valence-corrected chi connectivity index (χ3v) is 6.07. The summed E-state index contributed by atoms with van der Waals surface area (Å²) < 4.78 is 67.4. The molecule has 10 heteroatoms. The first-order valence-electron chi connectivity index (χ1n) is 9.37. The van der Waals surface area contributed by atoms with Crippen molar-refractivity contribution >= 4 is 19.6 Å². The van der Waals surface area contributed by atoms with Crippen LogP contribution in [0.1, 0.15) is 52.7 Å². The average molecular weight is 452 g/mol. The molecule has 0 aliphatic rings. The number of benzene rings is 1. The first kappa shape index (κ1) is 26.4. The standard InChI is InChI=1S/C20H28F3O6P/c1-13(2)27-18(24)19(25,30(26,28-14(3)4)29-15(5)6)12-11-16-7-9-17(10-8-16)20(21,22)23/h7-15,25H,1-6H3/b12-11+. The molecule has 6 nitrogen and oxygen atoms in total. The van der Waals surface area contributed by atoms with Crippen LogP contribution in [-0.2, 0) is 29.3 Å². The summed E-state index contributed by atoms with van der Waals surface area (Å²) in [6.45, 7) is 9.26. The third kappa shape index (κ3) is 6.94. The topological polar surface area (TPSA) is 82.1 Å². The van der Waals surface area contributed by atoms with E-state index >= 15 is 0 Å². The second kappa shape index (κ2) is 10.1. The van der Waals surface area contributed by atoms with Crippen molar-refractivity contribution in [3.63, 3.8) is 0 Å². The zero-order valence-electron chi connectivity index (χ0n) is 17.8. The molecule has 1 N–H and O–H groups in total. The monoisotopic (exact) mass is 452 g/mol.